The number of carbonyl (C=O) groups excluding carboxylic acids is 1. The molecule has 1 aliphatic rings. The largest absolute Gasteiger partial charge is 0.468 e. The predicted molar refractivity (Wildman–Crippen MR) is 48.5 cm³/mol. The first kappa shape index (κ1) is 10.5. The summed E-state index contributed by atoms with van der Waals surface area (Å²) in [5.74, 6) is -0.186. The van der Waals surface area contributed by atoms with Gasteiger partial charge in [-0.2, -0.15) is 0 Å². The van der Waals surface area contributed by atoms with E-state index in [0.717, 1.165) is 19.4 Å². The molecule has 0 spiro atoms. The first-order valence-electron chi connectivity index (χ1n) is 4.69. The van der Waals surface area contributed by atoms with Gasteiger partial charge in [-0.1, -0.05) is 6.92 Å². The molecule has 13 heavy (non-hydrogen) atoms. The molecule has 0 amide bonds. The molecule has 0 saturated carbocycles. The van der Waals surface area contributed by atoms with Crippen LogP contribution in [0.15, 0.2) is 0 Å². The third kappa shape index (κ3) is 2.97. The van der Waals surface area contributed by atoms with E-state index in [1.807, 2.05) is 6.92 Å². The second kappa shape index (κ2) is 5.19. The fraction of sp³-hybridized carbons (Fsp3) is 0.889. The Labute approximate surface area is 78.6 Å². The van der Waals surface area contributed by atoms with Crippen LogP contribution in [0.2, 0.25) is 0 Å². The lowest BCUT2D eigenvalue weighted by molar-refractivity contribution is -0.143. The summed E-state index contributed by atoms with van der Waals surface area (Å²) in [6, 6.07) is 0.126. The van der Waals surface area contributed by atoms with Gasteiger partial charge < -0.3 is 9.47 Å². The zero-order chi connectivity index (χ0) is 9.68. The first-order valence-corrected chi connectivity index (χ1v) is 4.69. The smallest absolute Gasteiger partial charge is 0.322 e. The van der Waals surface area contributed by atoms with Crippen LogP contribution in [0.3, 0.4) is 0 Å². The Morgan fingerprint density at radius 2 is 2.54 bits per heavy atom. The van der Waals surface area contributed by atoms with E-state index in [9.17, 15) is 4.79 Å². The normalized spacial score (nSPS) is 24.3. The molecule has 1 heterocycles. The molecule has 76 valence electrons. The third-order valence-electron chi connectivity index (χ3n) is 2.26. The second-order valence-electron chi connectivity index (χ2n) is 3.21. The Bertz CT molecular complexity index is 166. The van der Waals surface area contributed by atoms with E-state index in [-0.39, 0.29) is 12.0 Å². The van der Waals surface area contributed by atoms with E-state index in [0.29, 0.717) is 12.6 Å². The number of hydrogen-bond donors (Lipinski definition) is 1. The molecule has 0 bridgehead atoms. The Balaban J connectivity index is 2.33. The SMILES string of the molecule is CC[C@@H](N[C@@H]1CCOC1)C(=O)OC. The van der Waals surface area contributed by atoms with Crippen molar-refractivity contribution in [2.24, 2.45) is 0 Å². The van der Waals surface area contributed by atoms with Crippen LogP contribution < -0.4 is 5.32 Å². The molecule has 1 rings (SSSR count). The van der Waals surface area contributed by atoms with Crippen LogP contribution in [-0.2, 0) is 14.3 Å². The van der Waals surface area contributed by atoms with Crippen molar-refractivity contribution in [2.75, 3.05) is 20.3 Å². The zero-order valence-electron chi connectivity index (χ0n) is 8.21. The Hall–Kier alpha value is -0.610. The molecule has 0 radical (unpaired) electrons. The van der Waals surface area contributed by atoms with Crippen LogP contribution in [0.4, 0.5) is 0 Å². The number of esters is 1. The highest BCUT2D eigenvalue weighted by molar-refractivity contribution is 5.75. The fourth-order valence-corrected chi connectivity index (χ4v) is 1.45. The molecular weight excluding hydrogens is 170 g/mol. The average Bonchev–Trinajstić information content (AvgIpc) is 2.65. The molecule has 0 aromatic carbocycles. The molecule has 0 aliphatic carbocycles. The van der Waals surface area contributed by atoms with Crippen molar-refractivity contribution in [1.29, 1.82) is 0 Å². The standard InChI is InChI=1S/C9H17NO3/c1-3-8(9(11)12-2)10-7-4-5-13-6-7/h7-8,10H,3-6H2,1-2H3/t7-,8-/m1/s1. The molecule has 4 heteroatoms. The van der Waals surface area contributed by atoms with Crippen molar-refractivity contribution in [2.45, 2.75) is 31.8 Å². The summed E-state index contributed by atoms with van der Waals surface area (Å²) in [7, 11) is 1.41. The maximum absolute atomic E-state index is 11.2. The minimum absolute atomic E-state index is 0.184. The topological polar surface area (TPSA) is 47.6 Å². The quantitative estimate of drug-likeness (QED) is 0.644. The van der Waals surface area contributed by atoms with Crippen LogP contribution in [0, 0.1) is 0 Å². The zero-order valence-corrected chi connectivity index (χ0v) is 8.21. The monoisotopic (exact) mass is 187 g/mol. The van der Waals surface area contributed by atoms with Gasteiger partial charge in [0.25, 0.3) is 0 Å². The lowest BCUT2D eigenvalue weighted by atomic mass is 10.1. The summed E-state index contributed by atoms with van der Waals surface area (Å²) in [5, 5.41) is 3.22. The van der Waals surface area contributed by atoms with Gasteiger partial charge in [-0.3, -0.25) is 10.1 Å². The summed E-state index contributed by atoms with van der Waals surface area (Å²) >= 11 is 0. The highest BCUT2D eigenvalue weighted by Crippen LogP contribution is 2.06. The molecular formula is C9H17NO3. The summed E-state index contributed by atoms with van der Waals surface area (Å²) in [4.78, 5) is 11.2. The van der Waals surface area contributed by atoms with Gasteiger partial charge in [0.1, 0.15) is 6.04 Å². The van der Waals surface area contributed by atoms with Crippen LogP contribution in [0.1, 0.15) is 19.8 Å². The molecule has 0 aromatic heterocycles. The van der Waals surface area contributed by atoms with Gasteiger partial charge in [0.2, 0.25) is 0 Å². The maximum atomic E-state index is 11.2. The first-order chi connectivity index (χ1) is 6.27. The predicted octanol–water partition coefficient (Wildman–Crippen LogP) is 0.316. The lowest BCUT2D eigenvalue weighted by Gasteiger charge is -2.18. The van der Waals surface area contributed by atoms with Crippen LogP contribution in [-0.4, -0.2) is 38.4 Å². The van der Waals surface area contributed by atoms with Crippen molar-refractivity contribution in [3.05, 3.63) is 0 Å². The van der Waals surface area contributed by atoms with E-state index in [2.05, 4.69) is 10.1 Å². The van der Waals surface area contributed by atoms with Gasteiger partial charge >= 0.3 is 5.97 Å². The van der Waals surface area contributed by atoms with Crippen molar-refractivity contribution in [3.8, 4) is 0 Å². The number of carbonyl (C=O) groups is 1. The molecule has 1 N–H and O–H groups in total. The molecule has 4 nitrogen and oxygen atoms in total. The minimum Gasteiger partial charge on any atom is -0.468 e. The molecule has 1 fully saturated rings. The fourth-order valence-electron chi connectivity index (χ4n) is 1.45. The minimum atomic E-state index is -0.186. The molecule has 1 saturated heterocycles. The van der Waals surface area contributed by atoms with Crippen LogP contribution >= 0.6 is 0 Å². The Kier molecular flexibility index (Phi) is 4.18. The van der Waals surface area contributed by atoms with Crippen molar-refractivity contribution in [1.82, 2.24) is 5.32 Å². The van der Waals surface area contributed by atoms with Crippen LogP contribution in [0.25, 0.3) is 0 Å². The average molecular weight is 187 g/mol. The Morgan fingerprint density at radius 3 is 3.00 bits per heavy atom. The highest BCUT2D eigenvalue weighted by atomic mass is 16.5. The molecule has 2 atom stereocenters. The van der Waals surface area contributed by atoms with Gasteiger partial charge in [0, 0.05) is 12.6 Å². The van der Waals surface area contributed by atoms with E-state index >= 15 is 0 Å². The van der Waals surface area contributed by atoms with Gasteiger partial charge in [-0.25, -0.2) is 0 Å². The summed E-state index contributed by atoms with van der Waals surface area (Å²) < 4.78 is 9.87. The molecule has 0 unspecified atom stereocenters. The number of rotatable bonds is 4. The van der Waals surface area contributed by atoms with Crippen molar-refractivity contribution >= 4 is 5.97 Å². The van der Waals surface area contributed by atoms with Gasteiger partial charge in [-0.05, 0) is 12.8 Å². The lowest BCUT2D eigenvalue weighted by Crippen LogP contribution is -2.43. The van der Waals surface area contributed by atoms with E-state index in [4.69, 9.17) is 4.74 Å². The van der Waals surface area contributed by atoms with E-state index in [1.165, 1.54) is 7.11 Å². The van der Waals surface area contributed by atoms with Gasteiger partial charge in [0.15, 0.2) is 0 Å². The summed E-state index contributed by atoms with van der Waals surface area (Å²) in [6.45, 7) is 3.45. The van der Waals surface area contributed by atoms with Crippen molar-refractivity contribution < 1.29 is 14.3 Å². The Morgan fingerprint density at radius 1 is 1.77 bits per heavy atom. The van der Waals surface area contributed by atoms with Gasteiger partial charge in [-0.15, -0.1) is 0 Å². The molecule has 1 aliphatic heterocycles. The highest BCUT2D eigenvalue weighted by Gasteiger charge is 2.23. The van der Waals surface area contributed by atoms with Crippen LogP contribution in [0.5, 0.6) is 0 Å². The number of methoxy groups -OCH3 is 1. The van der Waals surface area contributed by atoms with Gasteiger partial charge in [0.05, 0.1) is 13.7 Å². The summed E-state index contributed by atoms with van der Waals surface area (Å²) in [5.41, 5.74) is 0. The maximum Gasteiger partial charge on any atom is 0.322 e. The molecule has 0 aromatic rings. The van der Waals surface area contributed by atoms with E-state index < -0.39 is 0 Å². The summed E-state index contributed by atoms with van der Waals surface area (Å²) in [6.07, 6.45) is 1.73. The third-order valence-corrected chi connectivity index (χ3v) is 2.26. The van der Waals surface area contributed by atoms with E-state index in [1.54, 1.807) is 0 Å². The number of ether oxygens (including phenoxy) is 2. The number of hydrogen-bond acceptors (Lipinski definition) is 4. The second-order valence-corrected chi connectivity index (χ2v) is 3.21. The number of nitrogens with one attached hydrogen (secondary N) is 1. The van der Waals surface area contributed by atoms with Crippen molar-refractivity contribution in [3.63, 3.8) is 0 Å².